The molecule has 0 heterocycles. The maximum atomic E-state index is 8.91. The first-order valence-electron chi connectivity index (χ1n) is 1.42. The summed E-state index contributed by atoms with van der Waals surface area (Å²) in [5.74, 6) is 0. The SMILES string of the molecule is O=[N+]([O-])[O-].[Mg+2].[O-][Si](O)(O)O. The molecule has 0 amide bonds. The quantitative estimate of drug-likeness (QED) is 0.196. The monoisotopic (exact) mass is 181 g/mol. The number of hydrogen-bond acceptors (Lipinski definition) is 7. The van der Waals surface area contributed by atoms with E-state index in [4.69, 9.17) is 34.5 Å². The molecule has 0 aromatic rings. The molecule has 0 aliphatic rings. The fraction of sp³-hybridized carbons (Fsp3) is 0. The van der Waals surface area contributed by atoms with Crippen LogP contribution in [0.4, 0.5) is 0 Å². The molecule has 56 valence electrons. The van der Waals surface area contributed by atoms with E-state index in [1.165, 1.54) is 0 Å². The molecule has 0 saturated heterocycles. The summed E-state index contributed by atoms with van der Waals surface area (Å²) in [7, 11) is -4.86. The second-order valence-corrected chi connectivity index (χ2v) is 1.95. The van der Waals surface area contributed by atoms with Crippen LogP contribution in [0.3, 0.4) is 0 Å². The van der Waals surface area contributed by atoms with Gasteiger partial charge in [-0.1, -0.05) is 0 Å². The van der Waals surface area contributed by atoms with Crippen LogP contribution in [0.15, 0.2) is 0 Å². The maximum Gasteiger partial charge on any atom is 2.00 e. The van der Waals surface area contributed by atoms with Crippen molar-refractivity contribution >= 4 is 32.1 Å². The molecule has 10 heavy (non-hydrogen) atoms. The standard InChI is InChI=1S/Mg.NO3.H3O4Si/c;2-1(3)4;1-5(2,3)4/h;;1-3H/q+2;2*-1. The van der Waals surface area contributed by atoms with E-state index in [1.54, 1.807) is 0 Å². The molecule has 0 radical (unpaired) electrons. The van der Waals surface area contributed by atoms with E-state index in [-0.39, 0.29) is 23.1 Å². The summed E-state index contributed by atoms with van der Waals surface area (Å²) in [6, 6.07) is 0. The molecule has 10 heteroatoms. The van der Waals surface area contributed by atoms with E-state index in [2.05, 4.69) is 0 Å². The molecule has 0 saturated carbocycles. The van der Waals surface area contributed by atoms with Crippen molar-refractivity contribution in [3.05, 3.63) is 15.3 Å². The third kappa shape index (κ3) is 741000. The Labute approximate surface area is 72.1 Å². The summed E-state index contributed by atoms with van der Waals surface area (Å²) in [6.45, 7) is 0. The molecule has 3 N–H and O–H groups in total. The molecule has 0 aromatic heterocycles. The van der Waals surface area contributed by atoms with Crippen LogP contribution in [-0.4, -0.2) is 51.6 Å². The molecule has 0 aromatic carbocycles. The Morgan fingerprint density at radius 1 is 1.20 bits per heavy atom. The van der Waals surface area contributed by atoms with Gasteiger partial charge >= 0.3 is 32.1 Å². The first-order valence-corrected chi connectivity index (χ1v) is 3.17. The molecule has 8 nitrogen and oxygen atoms in total. The van der Waals surface area contributed by atoms with Crippen molar-refractivity contribution in [2.45, 2.75) is 0 Å². The molecular formula is H3MgNO7Si. The smallest absolute Gasteiger partial charge is 0.794 e. The first-order chi connectivity index (χ1) is 3.73. The van der Waals surface area contributed by atoms with Gasteiger partial charge in [-0.05, 0) is 0 Å². The Hall–Kier alpha value is 0.0231. The van der Waals surface area contributed by atoms with Crippen LogP contribution in [-0.2, 0) is 0 Å². The van der Waals surface area contributed by atoms with Gasteiger partial charge in [0, 0.05) is 0 Å². The fourth-order valence-corrected chi connectivity index (χ4v) is 0. The summed E-state index contributed by atoms with van der Waals surface area (Å²) in [6.07, 6.45) is 0. The summed E-state index contributed by atoms with van der Waals surface area (Å²) in [5.41, 5.74) is 0. The summed E-state index contributed by atoms with van der Waals surface area (Å²) >= 11 is 0. The normalized spacial score (nSPS) is 8.40. The third-order valence-electron chi connectivity index (χ3n) is 0. The Kier molecular flexibility index (Phi) is 11.8. The molecular weight excluding hydrogens is 178 g/mol. The van der Waals surface area contributed by atoms with E-state index in [1.807, 2.05) is 0 Å². The third-order valence-corrected chi connectivity index (χ3v) is 0. The first kappa shape index (κ1) is 16.5. The van der Waals surface area contributed by atoms with Crippen LogP contribution in [0.1, 0.15) is 0 Å². The van der Waals surface area contributed by atoms with Crippen molar-refractivity contribution < 1.29 is 24.3 Å². The Morgan fingerprint density at radius 2 is 1.20 bits per heavy atom. The molecule has 0 rings (SSSR count). The van der Waals surface area contributed by atoms with Gasteiger partial charge in [0.1, 0.15) is 0 Å². The van der Waals surface area contributed by atoms with Crippen molar-refractivity contribution in [1.82, 2.24) is 0 Å². The fourth-order valence-electron chi connectivity index (χ4n) is 0. The molecule has 0 atom stereocenters. The molecule has 0 unspecified atom stereocenters. The number of rotatable bonds is 0. The van der Waals surface area contributed by atoms with E-state index < -0.39 is 14.1 Å². The predicted molar refractivity (Wildman–Crippen MR) is 28.5 cm³/mol. The molecule has 0 aliphatic carbocycles. The van der Waals surface area contributed by atoms with Crippen molar-refractivity contribution in [2.24, 2.45) is 0 Å². The van der Waals surface area contributed by atoms with Crippen LogP contribution >= 0.6 is 0 Å². The van der Waals surface area contributed by atoms with Crippen molar-refractivity contribution in [1.29, 1.82) is 0 Å². The van der Waals surface area contributed by atoms with Crippen LogP contribution in [0.5, 0.6) is 0 Å². The summed E-state index contributed by atoms with van der Waals surface area (Å²) < 4.78 is 0. The van der Waals surface area contributed by atoms with Gasteiger partial charge in [-0.2, -0.15) is 0 Å². The largest absolute Gasteiger partial charge is 2.00 e. The van der Waals surface area contributed by atoms with Gasteiger partial charge in [0.15, 0.2) is 0 Å². The summed E-state index contributed by atoms with van der Waals surface area (Å²) in [4.78, 5) is 38.8. The van der Waals surface area contributed by atoms with Gasteiger partial charge in [-0.15, -0.1) is 0 Å². The second kappa shape index (κ2) is 7.13. The van der Waals surface area contributed by atoms with Crippen LogP contribution < -0.4 is 4.80 Å². The van der Waals surface area contributed by atoms with Gasteiger partial charge in [-0.3, -0.25) is 0 Å². The van der Waals surface area contributed by atoms with Crippen LogP contribution in [0.25, 0.3) is 0 Å². The number of hydrogen-bond donors (Lipinski definition) is 3. The van der Waals surface area contributed by atoms with Crippen LogP contribution in [0.2, 0.25) is 0 Å². The zero-order chi connectivity index (χ0) is 8.08. The van der Waals surface area contributed by atoms with E-state index in [0.717, 1.165) is 0 Å². The van der Waals surface area contributed by atoms with Gasteiger partial charge in [-0.25, -0.2) is 0 Å². The Morgan fingerprint density at radius 3 is 1.20 bits per heavy atom. The van der Waals surface area contributed by atoms with Gasteiger partial charge in [0.2, 0.25) is 0 Å². The van der Waals surface area contributed by atoms with Crippen molar-refractivity contribution in [3.8, 4) is 0 Å². The average molecular weight is 181 g/mol. The minimum Gasteiger partial charge on any atom is -0.794 e. The Balaban J connectivity index is -0.0000000910. The second-order valence-electron chi connectivity index (χ2n) is 0.797. The van der Waals surface area contributed by atoms with Gasteiger partial charge in [0.05, 0.1) is 5.09 Å². The zero-order valence-corrected chi connectivity index (χ0v) is 7.04. The predicted octanol–water partition coefficient (Wildman–Crippen LogP) is -3.86. The summed E-state index contributed by atoms with van der Waals surface area (Å²) in [5, 5.41) is 14.8. The molecule has 0 aliphatic heterocycles. The van der Waals surface area contributed by atoms with Gasteiger partial charge < -0.3 is 34.5 Å². The van der Waals surface area contributed by atoms with E-state index >= 15 is 0 Å². The number of nitrogens with zero attached hydrogens (tertiary/aromatic N) is 1. The molecule has 0 fully saturated rings. The molecule has 0 spiro atoms. The molecule has 0 bridgehead atoms. The van der Waals surface area contributed by atoms with Crippen molar-refractivity contribution in [2.75, 3.05) is 0 Å². The minimum atomic E-state index is -4.86. The minimum absolute atomic E-state index is 0. The average Bonchev–Trinajstić information content (AvgIpc) is 1.19. The zero-order valence-electron chi connectivity index (χ0n) is 4.63. The topological polar surface area (TPSA) is 150 Å². The maximum absolute atomic E-state index is 8.91. The van der Waals surface area contributed by atoms with Crippen molar-refractivity contribution in [3.63, 3.8) is 0 Å². The van der Waals surface area contributed by atoms with Crippen LogP contribution in [0, 0.1) is 15.3 Å². The van der Waals surface area contributed by atoms with E-state index in [0.29, 0.717) is 0 Å². The van der Waals surface area contributed by atoms with E-state index in [9.17, 15) is 0 Å². The van der Waals surface area contributed by atoms with Gasteiger partial charge in [0.25, 0.3) is 0 Å². The Bertz CT molecular complexity index is 76.1.